The second-order valence-corrected chi connectivity index (χ2v) is 9.39. The molecule has 1 aliphatic heterocycles. The minimum absolute atomic E-state index is 0.213. The van der Waals surface area contributed by atoms with Crippen LogP contribution < -0.4 is 5.32 Å². The summed E-state index contributed by atoms with van der Waals surface area (Å²) in [7, 11) is 1.29. The topological polar surface area (TPSA) is 103 Å². The largest absolute Gasteiger partial charge is 0.467 e. The highest BCUT2D eigenvalue weighted by molar-refractivity contribution is 5.90. The first-order valence-electron chi connectivity index (χ1n) is 11.9. The third-order valence-corrected chi connectivity index (χ3v) is 5.35. The van der Waals surface area contributed by atoms with E-state index in [-0.39, 0.29) is 18.6 Å². The summed E-state index contributed by atoms with van der Waals surface area (Å²) in [4.78, 5) is 39.9. The van der Waals surface area contributed by atoms with Crippen molar-refractivity contribution in [3.63, 3.8) is 0 Å². The molecule has 1 fully saturated rings. The zero-order chi connectivity index (χ0) is 25.8. The van der Waals surface area contributed by atoms with Crippen molar-refractivity contribution < 1.29 is 33.3 Å². The van der Waals surface area contributed by atoms with Crippen molar-refractivity contribution in [2.45, 2.75) is 70.4 Å². The van der Waals surface area contributed by atoms with Crippen LogP contribution in [0.1, 0.15) is 45.6 Å². The van der Waals surface area contributed by atoms with E-state index in [0.29, 0.717) is 39.1 Å². The zero-order valence-corrected chi connectivity index (χ0v) is 21.2. The van der Waals surface area contributed by atoms with Gasteiger partial charge >= 0.3 is 12.1 Å². The number of rotatable bonds is 12. The predicted octanol–water partition coefficient (Wildman–Crippen LogP) is 3.22. The van der Waals surface area contributed by atoms with Gasteiger partial charge in [-0.05, 0) is 39.2 Å². The minimum Gasteiger partial charge on any atom is -0.467 e. The second kappa shape index (κ2) is 13.8. The van der Waals surface area contributed by atoms with Crippen molar-refractivity contribution >= 4 is 18.0 Å². The van der Waals surface area contributed by atoms with Gasteiger partial charge in [-0.3, -0.25) is 4.79 Å². The number of amides is 2. The van der Waals surface area contributed by atoms with Gasteiger partial charge in [0.15, 0.2) is 0 Å². The molecule has 0 saturated carbocycles. The van der Waals surface area contributed by atoms with E-state index in [1.54, 1.807) is 26.8 Å². The molecular formula is C26H38N2O7. The van der Waals surface area contributed by atoms with E-state index in [4.69, 9.17) is 18.9 Å². The molecule has 1 aliphatic rings. The van der Waals surface area contributed by atoms with Gasteiger partial charge < -0.3 is 29.2 Å². The first-order chi connectivity index (χ1) is 16.6. The maximum atomic E-state index is 13.6. The Morgan fingerprint density at radius 2 is 1.94 bits per heavy atom. The molecule has 1 aromatic rings. The number of nitrogens with one attached hydrogen (secondary N) is 1. The van der Waals surface area contributed by atoms with Crippen LogP contribution in [0.5, 0.6) is 0 Å². The Labute approximate surface area is 207 Å². The summed E-state index contributed by atoms with van der Waals surface area (Å²) in [6.07, 6.45) is 1.74. The van der Waals surface area contributed by atoms with Crippen LogP contribution in [0.25, 0.3) is 0 Å². The van der Waals surface area contributed by atoms with E-state index in [9.17, 15) is 14.4 Å². The molecule has 3 atom stereocenters. The predicted molar refractivity (Wildman–Crippen MR) is 131 cm³/mol. The fraction of sp³-hybridized carbons (Fsp3) is 0.577. The molecule has 1 N–H and O–H groups in total. The fourth-order valence-corrected chi connectivity index (χ4v) is 3.77. The van der Waals surface area contributed by atoms with E-state index in [1.807, 2.05) is 30.3 Å². The van der Waals surface area contributed by atoms with E-state index in [2.05, 4.69) is 11.9 Å². The highest BCUT2D eigenvalue weighted by Crippen LogP contribution is 2.24. The van der Waals surface area contributed by atoms with Gasteiger partial charge in [0, 0.05) is 19.6 Å². The van der Waals surface area contributed by atoms with E-state index in [1.165, 1.54) is 12.0 Å². The molecule has 35 heavy (non-hydrogen) atoms. The Bertz CT molecular complexity index is 838. The number of hydrogen-bond acceptors (Lipinski definition) is 7. The number of ether oxygens (including phenoxy) is 4. The summed E-state index contributed by atoms with van der Waals surface area (Å²) in [6, 6.07) is 7.98. The number of methoxy groups -OCH3 is 1. The molecule has 1 unspecified atom stereocenters. The van der Waals surface area contributed by atoms with Crippen molar-refractivity contribution in [2.24, 2.45) is 0 Å². The lowest BCUT2D eigenvalue weighted by molar-refractivity contribution is -0.151. The highest BCUT2D eigenvalue weighted by Gasteiger charge is 2.43. The van der Waals surface area contributed by atoms with Gasteiger partial charge in [0.2, 0.25) is 5.91 Å². The van der Waals surface area contributed by atoms with Crippen molar-refractivity contribution in [1.29, 1.82) is 0 Å². The molecule has 9 nitrogen and oxygen atoms in total. The molecule has 0 aliphatic carbocycles. The Morgan fingerprint density at radius 1 is 1.23 bits per heavy atom. The van der Waals surface area contributed by atoms with Gasteiger partial charge in [-0.25, -0.2) is 9.59 Å². The molecular weight excluding hydrogens is 452 g/mol. The van der Waals surface area contributed by atoms with E-state index < -0.39 is 29.7 Å². The molecule has 2 rings (SSSR count). The summed E-state index contributed by atoms with van der Waals surface area (Å²) in [5.74, 6) is -0.907. The molecule has 2 amide bonds. The number of carbonyl (C=O) groups is 3. The monoisotopic (exact) mass is 490 g/mol. The highest BCUT2D eigenvalue weighted by atomic mass is 16.6. The standard InChI is InChI=1S/C26H38N2O7/c1-6-14-33-15-10-13-21(27-25(31)35-26(2,3)4)23(29)28-17-20(16-22(28)24(30)32-5)34-18-19-11-8-7-9-12-19/h6-9,11-12,20-22H,1,10,13-18H2,2-5H3,(H,27,31)/t20-,21+,22?/m1/s1. The van der Waals surface area contributed by atoms with Crippen LogP contribution in [0.2, 0.25) is 0 Å². The lowest BCUT2D eigenvalue weighted by Crippen LogP contribution is -2.52. The number of carbonyl (C=O) groups excluding carboxylic acids is 3. The molecule has 194 valence electrons. The maximum Gasteiger partial charge on any atom is 0.408 e. The van der Waals surface area contributed by atoms with Gasteiger partial charge in [-0.1, -0.05) is 36.4 Å². The first-order valence-corrected chi connectivity index (χ1v) is 11.9. The molecule has 0 spiro atoms. The Kier molecular flexibility index (Phi) is 11.2. The van der Waals surface area contributed by atoms with Gasteiger partial charge in [0.1, 0.15) is 17.7 Å². The SMILES string of the molecule is C=CCOCCC[C@H](NC(=O)OC(C)(C)C)C(=O)N1C[C@H](OCc2ccccc2)CC1C(=O)OC. The smallest absolute Gasteiger partial charge is 0.408 e. The fourth-order valence-electron chi connectivity index (χ4n) is 3.77. The number of hydrogen-bond donors (Lipinski definition) is 1. The molecule has 1 heterocycles. The normalized spacial score (nSPS) is 18.6. The quantitative estimate of drug-likeness (QED) is 0.273. The van der Waals surface area contributed by atoms with Gasteiger partial charge in [0.25, 0.3) is 0 Å². The van der Waals surface area contributed by atoms with Crippen LogP contribution in [0.3, 0.4) is 0 Å². The summed E-state index contributed by atoms with van der Waals surface area (Å²) in [6.45, 7) is 10.2. The number of nitrogens with zero attached hydrogens (tertiary/aromatic N) is 1. The summed E-state index contributed by atoms with van der Waals surface area (Å²) < 4.78 is 21.7. The second-order valence-electron chi connectivity index (χ2n) is 9.39. The summed E-state index contributed by atoms with van der Waals surface area (Å²) >= 11 is 0. The molecule has 0 aromatic heterocycles. The average Bonchev–Trinajstić information content (AvgIpc) is 3.24. The number of likely N-dealkylation sites (tertiary alicyclic amines) is 1. The Hall–Kier alpha value is -2.91. The Balaban J connectivity index is 2.11. The summed E-state index contributed by atoms with van der Waals surface area (Å²) in [5.41, 5.74) is 0.277. The number of alkyl carbamates (subject to hydrolysis) is 1. The molecule has 1 aromatic carbocycles. The van der Waals surface area contributed by atoms with Crippen LogP contribution in [0, 0.1) is 0 Å². The van der Waals surface area contributed by atoms with Gasteiger partial charge in [-0.15, -0.1) is 6.58 Å². The lowest BCUT2D eigenvalue weighted by Gasteiger charge is -2.29. The molecule has 1 saturated heterocycles. The van der Waals surface area contributed by atoms with Crippen LogP contribution in [0.15, 0.2) is 43.0 Å². The molecule has 0 bridgehead atoms. The van der Waals surface area contributed by atoms with Crippen molar-refractivity contribution in [1.82, 2.24) is 10.2 Å². The zero-order valence-electron chi connectivity index (χ0n) is 21.2. The van der Waals surface area contributed by atoms with E-state index in [0.717, 1.165) is 5.56 Å². The van der Waals surface area contributed by atoms with Crippen molar-refractivity contribution in [3.8, 4) is 0 Å². The Morgan fingerprint density at radius 3 is 2.57 bits per heavy atom. The molecule has 9 heteroatoms. The van der Waals surface area contributed by atoms with Gasteiger partial charge in [0.05, 0.1) is 26.4 Å². The average molecular weight is 491 g/mol. The van der Waals surface area contributed by atoms with Crippen molar-refractivity contribution in [3.05, 3.63) is 48.6 Å². The van der Waals surface area contributed by atoms with Crippen LogP contribution in [-0.2, 0) is 35.1 Å². The van der Waals surface area contributed by atoms with Crippen LogP contribution in [0.4, 0.5) is 4.79 Å². The van der Waals surface area contributed by atoms with Crippen molar-refractivity contribution in [2.75, 3.05) is 26.9 Å². The minimum atomic E-state index is -0.891. The maximum absolute atomic E-state index is 13.6. The third-order valence-electron chi connectivity index (χ3n) is 5.35. The lowest BCUT2D eigenvalue weighted by atomic mass is 10.1. The molecule has 0 radical (unpaired) electrons. The van der Waals surface area contributed by atoms with E-state index >= 15 is 0 Å². The van der Waals surface area contributed by atoms with Crippen LogP contribution in [-0.4, -0.2) is 73.5 Å². The number of benzene rings is 1. The summed E-state index contributed by atoms with van der Waals surface area (Å²) in [5, 5.41) is 2.67. The number of esters is 1. The van der Waals surface area contributed by atoms with Crippen LogP contribution >= 0.6 is 0 Å². The first kappa shape index (κ1) is 28.3. The third kappa shape index (κ3) is 9.70. The van der Waals surface area contributed by atoms with Gasteiger partial charge in [-0.2, -0.15) is 0 Å².